The van der Waals surface area contributed by atoms with Crippen LogP contribution in [0.2, 0.25) is 0 Å². The lowest BCUT2D eigenvalue weighted by molar-refractivity contribution is 0.0734. The van der Waals surface area contributed by atoms with Crippen LogP contribution in [0.15, 0.2) is 48.8 Å². The van der Waals surface area contributed by atoms with E-state index >= 15 is 0 Å². The Morgan fingerprint density at radius 2 is 2.03 bits per heavy atom. The highest BCUT2D eigenvalue weighted by atomic mass is 16.2. The molecule has 0 radical (unpaired) electrons. The number of hydrogen-bond donors (Lipinski definition) is 1. The highest BCUT2D eigenvalue weighted by Gasteiger charge is 2.44. The van der Waals surface area contributed by atoms with E-state index in [0.717, 1.165) is 21.5 Å². The van der Waals surface area contributed by atoms with Crippen molar-refractivity contribution in [2.45, 2.75) is 44.3 Å². The van der Waals surface area contributed by atoms with Gasteiger partial charge in [0.2, 0.25) is 0 Å². The van der Waals surface area contributed by atoms with Crippen LogP contribution in [0.1, 0.15) is 76.0 Å². The number of carbonyl (C=O) groups is 1. The average Bonchev–Trinajstić information content (AvgIpc) is 3.40. The van der Waals surface area contributed by atoms with Gasteiger partial charge in [0, 0.05) is 52.2 Å². The minimum absolute atomic E-state index is 0.317. The summed E-state index contributed by atoms with van der Waals surface area (Å²) in [5.74, 6) is 3.26. The van der Waals surface area contributed by atoms with Gasteiger partial charge in [-0.2, -0.15) is 0 Å². The van der Waals surface area contributed by atoms with E-state index in [-0.39, 0.29) is 6.04 Å². The number of hydrogen-bond acceptors (Lipinski definition) is 5. The molecule has 0 aliphatic carbocycles. The molecular weight excluding hydrogens is 436 g/mol. The summed E-state index contributed by atoms with van der Waals surface area (Å²) >= 11 is 0. The van der Waals surface area contributed by atoms with Gasteiger partial charge in [0.15, 0.2) is 0 Å². The van der Waals surface area contributed by atoms with Gasteiger partial charge < -0.3 is 15.2 Å². The minimum Gasteiger partial charge on any atom is -0.331 e. The summed E-state index contributed by atoms with van der Waals surface area (Å²) < 4.78 is 26.6. The van der Waals surface area contributed by atoms with Gasteiger partial charge in [-0.15, -0.1) is 6.42 Å². The zero-order valence-electron chi connectivity index (χ0n) is 22.5. The van der Waals surface area contributed by atoms with Crippen LogP contribution in [0.25, 0.3) is 22.2 Å². The number of amides is 1. The molecule has 2 aliphatic heterocycles. The van der Waals surface area contributed by atoms with Gasteiger partial charge in [0.25, 0.3) is 5.91 Å². The maximum absolute atomic E-state index is 13.6. The molecule has 2 aromatic carbocycles. The van der Waals surface area contributed by atoms with Crippen molar-refractivity contribution < 1.29 is 8.91 Å². The molecule has 1 unspecified atom stereocenters. The largest absolute Gasteiger partial charge is 0.331 e. The van der Waals surface area contributed by atoms with Gasteiger partial charge in [-0.1, -0.05) is 25.0 Å². The monoisotopic (exact) mass is 465 g/mol. The molecule has 4 heterocycles. The van der Waals surface area contributed by atoms with Crippen LogP contribution in [0, 0.1) is 12.3 Å². The van der Waals surface area contributed by atoms with Gasteiger partial charge >= 0.3 is 0 Å². The highest BCUT2D eigenvalue weighted by molar-refractivity contribution is 5.98. The number of nitrogens with zero attached hydrogens (tertiary/aromatic N) is 5. The Kier molecular flexibility index (Phi) is 3.92. The molecule has 6 rings (SSSR count). The lowest BCUT2D eigenvalue weighted by Gasteiger charge is -2.24. The normalized spacial score (nSPS) is 21.8. The molecule has 35 heavy (non-hydrogen) atoms. The standard InChI is InChI=1S/C28H26N6O/c1-5-16-8-7-9-19-24(16)22-13-23(33(4)26(19)35)25-32-20-11-10-17(12-21(20)34(22)25)18-14-30-27(31-15-18)28(3,29)6-2/h1,7-12,14-15,22-23H,6,13,29H2,2-4H3/t22-,23-,28?/m1/s1/i4D3. The van der Waals surface area contributed by atoms with Gasteiger partial charge in [-0.05, 0) is 43.2 Å². The van der Waals surface area contributed by atoms with Crippen LogP contribution in [0.5, 0.6) is 0 Å². The van der Waals surface area contributed by atoms with E-state index < -0.39 is 24.5 Å². The maximum atomic E-state index is 13.6. The molecule has 0 spiro atoms. The SMILES string of the molecule is [2H]C([2H])([2H])N1C(=O)c2cccc(C#C)c2[C@H]2C[C@@H]1c1nc3ccc(-c4cnc(C(C)(N)CC)nc4)cc3n12. The fourth-order valence-electron chi connectivity index (χ4n) is 5.18. The predicted molar refractivity (Wildman–Crippen MR) is 135 cm³/mol. The number of fused-ring (bicyclic) bond motifs is 9. The quantitative estimate of drug-likeness (QED) is 0.459. The topological polar surface area (TPSA) is 89.9 Å². The Hall–Kier alpha value is -4.02. The fraction of sp³-hybridized carbons (Fsp3) is 0.286. The summed E-state index contributed by atoms with van der Waals surface area (Å²) in [5, 5.41) is 0. The number of nitrogens with two attached hydrogens (primary N) is 1. The molecule has 4 aromatic rings. The zero-order valence-corrected chi connectivity index (χ0v) is 19.5. The molecule has 0 fully saturated rings. The molecule has 2 N–H and O–H groups in total. The molecule has 3 atom stereocenters. The van der Waals surface area contributed by atoms with Crippen molar-refractivity contribution in [3.05, 3.63) is 77.1 Å². The van der Waals surface area contributed by atoms with E-state index in [0.29, 0.717) is 46.7 Å². The number of benzene rings is 2. The molecule has 1 amide bonds. The van der Waals surface area contributed by atoms with E-state index in [2.05, 4.69) is 15.9 Å². The third-order valence-corrected chi connectivity index (χ3v) is 7.36. The van der Waals surface area contributed by atoms with Crippen molar-refractivity contribution >= 4 is 16.9 Å². The second kappa shape index (κ2) is 7.49. The van der Waals surface area contributed by atoms with Crippen LogP contribution in [-0.4, -0.2) is 37.3 Å². The third kappa shape index (κ3) is 3.03. The van der Waals surface area contributed by atoms with Crippen LogP contribution in [0.3, 0.4) is 0 Å². The predicted octanol–water partition coefficient (Wildman–Crippen LogP) is 4.18. The molecule has 174 valence electrons. The van der Waals surface area contributed by atoms with Crippen molar-refractivity contribution in [1.82, 2.24) is 24.4 Å². The summed E-state index contributed by atoms with van der Waals surface area (Å²) in [6, 6.07) is 9.91. The summed E-state index contributed by atoms with van der Waals surface area (Å²) in [5.41, 5.74) is 10.5. The number of aromatic nitrogens is 4. The first-order chi connectivity index (χ1) is 18.0. The molecule has 2 bridgehead atoms. The molecule has 0 saturated carbocycles. The molecule has 7 heteroatoms. The van der Waals surface area contributed by atoms with E-state index in [9.17, 15) is 4.79 Å². The summed E-state index contributed by atoms with van der Waals surface area (Å²) in [6.45, 7) is 1.25. The number of rotatable bonds is 3. The summed E-state index contributed by atoms with van der Waals surface area (Å²) in [7, 11) is 0. The summed E-state index contributed by atoms with van der Waals surface area (Å²) in [6.07, 6.45) is 10.5. The Balaban J connectivity index is 1.55. The van der Waals surface area contributed by atoms with E-state index in [1.807, 2.05) is 36.6 Å². The second-order valence-electron chi connectivity index (χ2n) is 9.46. The van der Waals surface area contributed by atoms with E-state index in [1.54, 1.807) is 30.6 Å². The van der Waals surface area contributed by atoms with E-state index in [1.165, 1.54) is 0 Å². The Morgan fingerprint density at radius 3 is 2.74 bits per heavy atom. The Bertz CT molecular complexity index is 1650. The average molecular weight is 466 g/mol. The first-order valence-corrected chi connectivity index (χ1v) is 11.6. The smallest absolute Gasteiger partial charge is 0.254 e. The van der Waals surface area contributed by atoms with Gasteiger partial charge in [0.05, 0.1) is 28.7 Å². The first kappa shape index (κ1) is 18.3. The van der Waals surface area contributed by atoms with E-state index in [4.69, 9.17) is 21.3 Å². The Labute approximate surface area is 208 Å². The fourth-order valence-corrected chi connectivity index (χ4v) is 5.18. The molecule has 2 aromatic heterocycles. The van der Waals surface area contributed by atoms with Crippen molar-refractivity contribution in [2.75, 3.05) is 6.98 Å². The van der Waals surface area contributed by atoms with Crippen LogP contribution < -0.4 is 5.73 Å². The lowest BCUT2D eigenvalue weighted by atomic mass is 9.93. The maximum Gasteiger partial charge on any atom is 0.254 e. The third-order valence-electron chi connectivity index (χ3n) is 7.36. The number of imidazole rings is 1. The van der Waals surface area contributed by atoms with Crippen LogP contribution >= 0.6 is 0 Å². The molecule has 7 nitrogen and oxygen atoms in total. The highest BCUT2D eigenvalue weighted by Crippen LogP contribution is 2.48. The van der Waals surface area contributed by atoms with Crippen LogP contribution in [0.4, 0.5) is 0 Å². The van der Waals surface area contributed by atoms with Gasteiger partial charge in [0.1, 0.15) is 11.6 Å². The van der Waals surface area contributed by atoms with Crippen molar-refractivity contribution in [1.29, 1.82) is 0 Å². The lowest BCUT2D eigenvalue weighted by Crippen LogP contribution is -2.34. The number of terminal acetylenes is 1. The summed E-state index contributed by atoms with van der Waals surface area (Å²) in [4.78, 5) is 28.4. The molecule has 2 aliphatic rings. The second-order valence-corrected chi connectivity index (χ2v) is 9.46. The first-order valence-electron chi connectivity index (χ1n) is 13.1. The van der Waals surface area contributed by atoms with Crippen molar-refractivity contribution in [2.24, 2.45) is 5.73 Å². The Morgan fingerprint density at radius 1 is 1.23 bits per heavy atom. The van der Waals surface area contributed by atoms with Crippen molar-refractivity contribution in [3.8, 4) is 23.5 Å². The van der Waals surface area contributed by atoms with Crippen molar-refractivity contribution in [3.63, 3.8) is 0 Å². The molecular formula is C28H26N6O. The zero-order chi connectivity index (χ0) is 27.0. The van der Waals surface area contributed by atoms with Gasteiger partial charge in [-0.3, -0.25) is 4.79 Å². The van der Waals surface area contributed by atoms with Crippen LogP contribution in [-0.2, 0) is 5.54 Å². The minimum atomic E-state index is -2.65. The number of carbonyl (C=O) groups excluding carboxylic acids is 1. The molecule has 0 saturated heterocycles. The van der Waals surface area contributed by atoms with Gasteiger partial charge in [-0.25, -0.2) is 15.0 Å².